The summed E-state index contributed by atoms with van der Waals surface area (Å²) in [6, 6.07) is 5.53. The highest BCUT2D eigenvalue weighted by atomic mass is 32.2. The third-order valence-corrected chi connectivity index (χ3v) is 5.27. The number of hydrogen-bond acceptors (Lipinski definition) is 8. The van der Waals surface area contributed by atoms with Crippen LogP contribution in [-0.4, -0.2) is 47.0 Å². The highest BCUT2D eigenvalue weighted by molar-refractivity contribution is 7.89. The van der Waals surface area contributed by atoms with Gasteiger partial charge in [0.15, 0.2) is 11.5 Å². The fourth-order valence-corrected chi connectivity index (χ4v) is 3.31. The lowest BCUT2D eigenvalue weighted by molar-refractivity contribution is -0.201. The number of phenols is 1. The van der Waals surface area contributed by atoms with Gasteiger partial charge in [0.1, 0.15) is 0 Å². The van der Waals surface area contributed by atoms with Gasteiger partial charge in [0, 0.05) is 11.3 Å². The molecule has 2 rings (SSSR count). The Balaban J connectivity index is 2.78. The molecule has 0 radical (unpaired) electrons. The van der Waals surface area contributed by atoms with Crippen LogP contribution in [-0.2, 0) is 25.1 Å². The topological polar surface area (TPSA) is 137 Å². The van der Waals surface area contributed by atoms with Crippen molar-refractivity contribution in [2.75, 3.05) is 26.6 Å². The van der Waals surface area contributed by atoms with Gasteiger partial charge in [-0.15, -0.1) is 0 Å². The Morgan fingerprint density at radius 2 is 1.52 bits per heavy atom. The Labute approximate surface area is 175 Å². The zero-order chi connectivity index (χ0) is 23.6. The van der Waals surface area contributed by atoms with Gasteiger partial charge in [0.25, 0.3) is 5.54 Å². The van der Waals surface area contributed by atoms with Gasteiger partial charge in [-0.05, 0) is 36.4 Å². The van der Waals surface area contributed by atoms with Crippen LogP contribution in [0.15, 0.2) is 41.3 Å². The summed E-state index contributed by atoms with van der Waals surface area (Å²) in [5, 5.41) is 17.1. The number of nitrogens with two attached hydrogens (primary N) is 1. The molecule has 2 aromatic carbocycles. The number of primary sulfonamides is 1. The van der Waals surface area contributed by atoms with E-state index in [2.05, 4.69) is 10.1 Å². The van der Waals surface area contributed by atoms with Crippen LogP contribution in [0.1, 0.15) is 5.56 Å². The van der Waals surface area contributed by atoms with Crippen LogP contribution in [0.4, 0.5) is 18.9 Å². The third-order valence-electron chi connectivity index (χ3n) is 4.34. The number of ether oxygens (including phenoxy) is 3. The number of methoxy groups -OCH3 is 3. The molecule has 1 atom stereocenters. The maximum Gasteiger partial charge on any atom is 0.426 e. The van der Waals surface area contributed by atoms with Gasteiger partial charge in [-0.1, -0.05) is 0 Å². The largest absolute Gasteiger partial charge is 0.502 e. The van der Waals surface area contributed by atoms with Gasteiger partial charge < -0.3 is 24.6 Å². The molecule has 0 amide bonds. The predicted molar refractivity (Wildman–Crippen MR) is 102 cm³/mol. The Bertz CT molecular complexity index is 1050. The molecule has 0 spiro atoms. The molecule has 13 heteroatoms. The highest BCUT2D eigenvalue weighted by Gasteiger charge is 2.63. The minimum atomic E-state index is -5.27. The molecule has 2 aromatic rings. The quantitative estimate of drug-likeness (QED) is 0.530. The summed E-state index contributed by atoms with van der Waals surface area (Å²) in [5.74, 6) is -3.09. The number of phenolic OH excluding ortho intramolecular Hbond substituents is 1. The van der Waals surface area contributed by atoms with E-state index in [4.69, 9.17) is 14.6 Å². The average molecular weight is 464 g/mol. The van der Waals surface area contributed by atoms with Crippen LogP contribution in [0.2, 0.25) is 0 Å². The predicted octanol–water partition coefficient (Wildman–Crippen LogP) is 2.10. The number of esters is 1. The monoisotopic (exact) mass is 464 g/mol. The number of hydrogen-bond donors (Lipinski definition) is 3. The zero-order valence-corrected chi connectivity index (χ0v) is 17.3. The van der Waals surface area contributed by atoms with E-state index in [1.54, 1.807) is 0 Å². The zero-order valence-electron chi connectivity index (χ0n) is 16.5. The molecule has 0 saturated carbocycles. The highest BCUT2D eigenvalue weighted by Crippen LogP contribution is 2.47. The van der Waals surface area contributed by atoms with Crippen molar-refractivity contribution in [1.82, 2.24) is 0 Å². The Kier molecular flexibility index (Phi) is 6.61. The minimum absolute atomic E-state index is 0.277. The first-order valence-corrected chi connectivity index (χ1v) is 9.88. The van der Waals surface area contributed by atoms with Crippen molar-refractivity contribution in [1.29, 1.82) is 0 Å². The summed E-state index contributed by atoms with van der Waals surface area (Å²) >= 11 is 0. The Hall–Kier alpha value is -3.19. The molecule has 0 saturated heterocycles. The number of carbonyl (C=O) groups is 1. The molecule has 0 bridgehead atoms. The molecule has 4 N–H and O–H groups in total. The molecule has 0 aliphatic rings. The first kappa shape index (κ1) is 24.1. The molecule has 1 unspecified atom stereocenters. The number of alkyl halides is 3. The number of aromatic hydroxyl groups is 1. The van der Waals surface area contributed by atoms with Crippen LogP contribution in [0, 0.1) is 0 Å². The summed E-state index contributed by atoms with van der Waals surface area (Å²) in [6.45, 7) is 0. The smallest absolute Gasteiger partial charge is 0.426 e. The second kappa shape index (κ2) is 8.51. The standard InChI is InChI=1S/C18H19F3N2O7S/c1-28-13-8-10(9-14(29-2)15(13)24)17(16(25)30-3,18(19,20)21)23-11-4-6-12(7-5-11)31(22,26)27/h4-9,23-24H,1-3H3,(H2,22,26,27). The maximum atomic E-state index is 14.4. The lowest BCUT2D eigenvalue weighted by Gasteiger charge is -2.35. The SMILES string of the molecule is COC(=O)C(Nc1ccc(S(N)(=O)=O)cc1)(c1cc(OC)c(O)c(OC)c1)C(F)(F)F. The van der Waals surface area contributed by atoms with Gasteiger partial charge in [-0.25, -0.2) is 18.4 Å². The van der Waals surface area contributed by atoms with Crippen molar-refractivity contribution in [3.05, 3.63) is 42.0 Å². The molecule has 0 fully saturated rings. The van der Waals surface area contributed by atoms with Crippen molar-refractivity contribution in [2.45, 2.75) is 16.6 Å². The van der Waals surface area contributed by atoms with Crippen molar-refractivity contribution in [3.8, 4) is 17.2 Å². The van der Waals surface area contributed by atoms with E-state index in [-0.39, 0.29) is 10.6 Å². The van der Waals surface area contributed by atoms with Gasteiger partial charge in [-0.2, -0.15) is 13.2 Å². The van der Waals surface area contributed by atoms with Gasteiger partial charge in [0.2, 0.25) is 15.8 Å². The average Bonchev–Trinajstić information content (AvgIpc) is 2.70. The third kappa shape index (κ3) is 4.46. The number of rotatable bonds is 7. The first-order valence-electron chi connectivity index (χ1n) is 8.33. The van der Waals surface area contributed by atoms with Gasteiger partial charge in [0.05, 0.1) is 26.2 Å². The fourth-order valence-electron chi connectivity index (χ4n) is 2.80. The van der Waals surface area contributed by atoms with Crippen LogP contribution < -0.4 is 19.9 Å². The molecular formula is C18H19F3N2O7S. The molecular weight excluding hydrogens is 445 g/mol. The molecule has 170 valence electrons. The molecule has 0 heterocycles. The number of halogens is 3. The van der Waals surface area contributed by atoms with E-state index in [1.807, 2.05) is 0 Å². The number of anilines is 1. The van der Waals surface area contributed by atoms with Crippen LogP contribution in [0.3, 0.4) is 0 Å². The summed E-state index contributed by atoms with van der Waals surface area (Å²) in [6.07, 6.45) is -5.27. The summed E-state index contributed by atoms with van der Waals surface area (Å²) < 4.78 is 80.2. The summed E-state index contributed by atoms with van der Waals surface area (Å²) in [4.78, 5) is 12.2. The van der Waals surface area contributed by atoms with E-state index in [1.165, 1.54) is 0 Å². The summed E-state index contributed by atoms with van der Waals surface area (Å²) in [7, 11) is -1.12. The Morgan fingerprint density at radius 3 is 1.87 bits per heavy atom. The molecule has 31 heavy (non-hydrogen) atoms. The molecule has 9 nitrogen and oxygen atoms in total. The van der Waals surface area contributed by atoms with E-state index < -0.39 is 50.5 Å². The normalized spacial score (nSPS) is 13.8. The van der Waals surface area contributed by atoms with Crippen LogP contribution in [0.5, 0.6) is 17.2 Å². The van der Waals surface area contributed by atoms with Crippen LogP contribution >= 0.6 is 0 Å². The fraction of sp³-hybridized carbons (Fsp3) is 0.278. The van der Waals surface area contributed by atoms with E-state index >= 15 is 0 Å². The van der Waals surface area contributed by atoms with Crippen molar-refractivity contribution >= 4 is 21.7 Å². The number of nitrogens with one attached hydrogen (secondary N) is 1. The van der Waals surface area contributed by atoms with Crippen molar-refractivity contribution < 1.29 is 45.7 Å². The Morgan fingerprint density at radius 1 is 1.03 bits per heavy atom. The maximum absolute atomic E-state index is 14.4. The first-order chi connectivity index (χ1) is 14.3. The summed E-state index contributed by atoms with van der Waals surface area (Å²) in [5.41, 5.74) is -4.46. The van der Waals surface area contributed by atoms with E-state index in [0.717, 1.165) is 57.7 Å². The molecule has 0 aliphatic heterocycles. The van der Waals surface area contributed by atoms with Gasteiger partial charge in [-0.3, -0.25) is 0 Å². The molecule has 0 aliphatic carbocycles. The van der Waals surface area contributed by atoms with Crippen molar-refractivity contribution in [3.63, 3.8) is 0 Å². The van der Waals surface area contributed by atoms with E-state index in [0.29, 0.717) is 0 Å². The van der Waals surface area contributed by atoms with E-state index in [9.17, 15) is 31.5 Å². The number of benzene rings is 2. The van der Waals surface area contributed by atoms with Crippen LogP contribution in [0.25, 0.3) is 0 Å². The number of sulfonamides is 1. The molecule has 0 aromatic heterocycles. The second-order valence-corrected chi connectivity index (χ2v) is 7.72. The lowest BCUT2D eigenvalue weighted by Crippen LogP contribution is -2.55. The van der Waals surface area contributed by atoms with Gasteiger partial charge >= 0.3 is 12.1 Å². The lowest BCUT2D eigenvalue weighted by atomic mass is 9.87. The van der Waals surface area contributed by atoms with Crippen molar-refractivity contribution in [2.24, 2.45) is 5.14 Å². The second-order valence-electron chi connectivity index (χ2n) is 6.16. The minimum Gasteiger partial charge on any atom is -0.502 e. The number of carbonyl (C=O) groups excluding carboxylic acids is 1.